The van der Waals surface area contributed by atoms with Gasteiger partial charge in [0.15, 0.2) is 5.13 Å². The third-order valence-corrected chi connectivity index (χ3v) is 5.71. The predicted octanol–water partition coefficient (Wildman–Crippen LogP) is 3.03. The van der Waals surface area contributed by atoms with Gasteiger partial charge in [-0.05, 0) is 18.8 Å². The first-order valence-electron chi connectivity index (χ1n) is 8.21. The van der Waals surface area contributed by atoms with Crippen LogP contribution in [0.5, 0.6) is 0 Å². The molecule has 1 amide bonds. The lowest BCUT2D eigenvalue weighted by atomic mass is 10.0. The Hall–Kier alpha value is -2.48. The van der Waals surface area contributed by atoms with Crippen LogP contribution >= 0.6 is 11.3 Å². The fourth-order valence-electron chi connectivity index (χ4n) is 2.97. The molecule has 25 heavy (non-hydrogen) atoms. The Labute approximate surface area is 149 Å². The van der Waals surface area contributed by atoms with Gasteiger partial charge in [0, 0.05) is 36.3 Å². The molecule has 0 atom stereocenters. The van der Waals surface area contributed by atoms with E-state index in [-0.39, 0.29) is 17.6 Å². The fraction of sp³-hybridized carbons (Fsp3) is 0.412. The van der Waals surface area contributed by atoms with Gasteiger partial charge in [-0.25, -0.2) is 4.98 Å². The van der Waals surface area contributed by atoms with E-state index < -0.39 is 0 Å². The lowest BCUT2D eigenvalue weighted by Crippen LogP contribution is -2.25. The Morgan fingerprint density at radius 1 is 1.40 bits per heavy atom. The van der Waals surface area contributed by atoms with E-state index in [1.807, 2.05) is 31.8 Å². The summed E-state index contributed by atoms with van der Waals surface area (Å²) in [6.07, 6.45) is 3.71. The molecule has 0 fully saturated rings. The summed E-state index contributed by atoms with van der Waals surface area (Å²) in [7, 11) is 3.66. The van der Waals surface area contributed by atoms with Gasteiger partial charge < -0.3 is 4.52 Å². The van der Waals surface area contributed by atoms with Crippen molar-refractivity contribution in [3.05, 3.63) is 34.3 Å². The van der Waals surface area contributed by atoms with Gasteiger partial charge in [0.2, 0.25) is 5.76 Å². The third-order valence-electron chi connectivity index (χ3n) is 4.51. The number of aryl methyl sites for hydroxylation is 2. The maximum absolute atomic E-state index is 12.7. The van der Waals surface area contributed by atoms with Crippen molar-refractivity contribution in [2.24, 2.45) is 7.05 Å². The van der Waals surface area contributed by atoms with Gasteiger partial charge >= 0.3 is 0 Å². The number of hydrogen-bond donors (Lipinski definition) is 0. The van der Waals surface area contributed by atoms with E-state index in [9.17, 15) is 4.79 Å². The van der Waals surface area contributed by atoms with Crippen LogP contribution in [-0.4, -0.2) is 32.9 Å². The Morgan fingerprint density at radius 2 is 2.20 bits per heavy atom. The molecule has 0 spiro atoms. The highest BCUT2D eigenvalue weighted by atomic mass is 32.1. The zero-order valence-electron chi connectivity index (χ0n) is 14.6. The second-order valence-electron chi connectivity index (χ2n) is 6.53. The smallest absolute Gasteiger partial charge is 0.298 e. The van der Waals surface area contributed by atoms with Gasteiger partial charge in [-0.15, -0.1) is 11.3 Å². The molecule has 8 heteroatoms. The van der Waals surface area contributed by atoms with E-state index in [1.54, 1.807) is 24.5 Å². The number of carbonyl (C=O) groups excluding carboxylic acids is 1. The van der Waals surface area contributed by atoms with Crippen LogP contribution in [0.1, 0.15) is 46.6 Å². The second kappa shape index (κ2) is 5.80. The topological polar surface area (TPSA) is 77.0 Å². The van der Waals surface area contributed by atoms with Crippen LogP contribution in [-0.2, 0) is 19.9 Å². The molecule has 3 heterocycles. The fourth-order valence-corrected chi connectivity index (χ4v) is 4.00. The van der Waals surface area contributed by atoms with Gasteiger partial charge in [-0.3, -0.25) is 14.4 Å². The SMILES string of the molecule is CC(C)c1cc(C(=O)N(C)c2nc3c(s2)CCc2c-3cnn2C)on1. The largest absolute Gasteiger partial charge is 0.351 e. The Balaban J connectivity index is 1.64. The molecule has 3 aromatic rings. The highest BCUT2D eigenvalue weighted by molar-refractivity contribution is 7.16. The van der Waals surface area contributed by atoms with Crippen LogP contribution in [0, 0.1) is 0 Å². The predicted molar refractivity (Wildman–Crippen MR) is 95.0 cm³/mol. The van der Waals surface area contributed by atoms with Crippen molar-refractivity contribution in [1.29, 1.82) is 0 Å². The van der Waals surface area contributed by atoms with Crippen molar-refractivity contribution >= 4 is 22.4 Å². The van der Waals surface area contributed by atoms with Crippen molar-refractivity contribution in [2.45, 2.75) is 32.6 Å². The summed E-state index contributed by atoms with van der Waals surface area (Å²) in [5, 5.41) is 8.95. The van der Waals surface area contributed by atoms with E-state index >= 15 is 0 Å². The molecule has 0 radical (unpaired) electrons. The maximum atomic E-state index is 12.7. The number of aromatic nitrogens is 4. The van der Waals surface area contributed by atoms with Crippen LogP contribution in [0.25, 0.3) is 11.3 Å². The molecule has 0 aromatic carbocycles. The molecule has 4 rings (SSSR count). The van der Waals surface area contributed by atoms with Crippen LogP contribution in [0.4, 0.5) is 5.13 Å². The molecular formula is C17H19N5O2S. The number of anilines is 1. The van der Waals surface area contributed by atoms with E-state index in [0.717, 1.165) is 29.8 Å². The standard InChI is InChI=1S/C17H19N5O2S/c1-9(2)11-7-13(24-20-11)16(23)21(3)17-19-15-10-8-18-22(4)12(10)5-6-14(15)25-17/h7-9H,5-6H2,1-4H3. The van der Waals surface area contributed by atoms with Crippen molar-refractivity contribution in [3.63, 3.8) is 0 Å². The molecule has 0 saturated carbocycles. The monoisotopic (exact) mass is 357 g/mol. The number of thiazole rings is 1. The first kappa shape index (κ1) is 16.0. The number of amides is 1. The molecule has 0 unspecified atom stereocenters. The lowest BCUT2D eigenvalue weighted by Gasteiger charge is -2.11. The van der Waals surface area contributed by atoms with Crippen LogP contribution in [0.15, 0.2) is 16.8 Å². The van der Waals surface area contributed by atoms with Crippen LogP contribution in [0.3, 0.4) is 0 Å². The van der Waals surface area contributed by atoms with Gasteiger partial charge in [0.05, 0.1) is 17.6 Å². The molecular weight excluding hydrogens is 338 g/mol. The van der Waals surface area contributed by atoms with E-state index in [0.29, 0.717) is 5.13 Å². The number of carbonyl (C=O) groups is 1. The highest BCUT2D eigenvalue weighted by Crippen LogP contribution is 2.39. The molecule has 3 aromatic heterocycles. The van der Waals surface area contributed by atoms with Gasteiger partial charge in [-0.2, -0.15) is 5.10 Å². The van der Waals surface area contributed by atoms with Crippen molar-refractivity contribution in [1.82, 2.24) is 19.9 Å². The molecule has 1 aliphatic rings. The molecule has 1 aliphatic carbocycles. The zero-order chi connectivity index (χ0) is 17.7. The molecule has 130 valence electrons. The number of rotatable bonds is 3. The van der Waals surface area contributed by atoms with Gasteiger partial charge in [0.1, 0.15) is 0 Å². The Morgan fingerprint density at radius 3 is 2.92 bits per heavy atom. The number of hydrogen-bond acceptors (Lipinski definition) is 6. The van der Waals surface area contributed by atoms with Crippen molar-refractivity contribution < 1.29 is 9.32 Å². The van der Waals surface area contributed by atoms with Crippen LogP contribution in [0.2, 0.25) is 0 Å². The normalized spacial score (nSPS) is 13.0. The lowest BCUT2D eigenvalue weighted by molar-refractivity contribution is 0.0957. The Bertz CT molecular complexity index is 952. The summed E-state index contributed by atoms with van der Waals surface area (Å²) >= 11 is 1.55. The van der Waals surface area contributed by atoms with E-state index in [2.05, 4.69) is 10.3 Å². The number of fused-ring (bicyclic) bond motifs is 3. The van der Waals surface area contributed by atoms with E-state index in [4.69, 9.17) is 9.51 Å². The minimum Gasteiger partial charge on any atom is -0.351 e. The minimum atomic E-state index is -0.239. The highest BCUT2D eigenvalue weighted by Gasteiger charge is 2.27. The maximum Gasteiger partial charge on any atom is 0.298 e. The number of nitrogens with zero attached hydrogens (tertiary/aromatic N) is 5. The minimum absolute atomic E-state index is 0.215. The quantitative estimate of drug-likeness (QED) is 0.720. The summed E-state index contributed by atoms with van der Waals surface area (Å²) in [6, 6.07) is 1.70. The molecule has 0 bridgehead atoms. The average Bonchev–Trinajstić information content (AvgIpc) is 3.30. The zero-order valence-corrected chi connectivity index (χ0v) is 15.4. The van der Waals surface area contributed by atoms with Crippen molar-refractivity contribution in [3.8, 4) is 11.3 Å². The summed E-state index contributed by atoms with van der Waals surface area (Å²) < 4.78 is 7.11. The first-order valence-corrected chi connectivity index (χ1v) is 9.03. The summed E-state index contributed by atoms with van der Waals surface area (Å²) in [6.45, 7) is 4.02. The summed E-state index contributed by atoms with van der Waals surface area (Å²) in [4.78, 5) is 20.1. The summed E-state index contributed by atoms with van der Waals surface area (Å²) in [5.41, 5.74) is 3.97. The van der Waals surface area contributed by atoms with Crippen LogP contribution < -0.4 is 4.90 Å². The van der Waals surface area contributed by atoms with Gasteiger partial charge in [-0.1, -0.05) is 19.0 Å². The molecule has 0 N–H and O–H groups in total. The van der Waals surface area contributed by atoms with Gasteiger partial charge in [0.25, 0.3) is 5.91 Å². The average molecular weight is 357 g/mol. The van der Waals surface area contributed by atoms with E-state index in [1.165, 1.54) is 15.5 Å². The molecule has 0 aliphatic heterocycles. The first-order chi connectivity index (χ1) is 12.0. The second-order valence-corrected chi connectivity index (χ2v) is 7.59. The molecule has 7 nitrogen and oxygen atoms in total. The molecule has 0 saturated heterocycles. The Kier molecular flexibility index (Phi) is 3.72. The third kappa shape index (κ3) is 2.57. The summed E-state index contributed by atoms with van der Waals surface area (Å²) in [5.74, 6) is 0.213. The van der Waals surface area contributed by atoms with Crippen molar-refractivity contribution in [2.75, 3.05) is 11.9 Å².